The summed E-state index contributed by atoms with van der Waals surface area (Å²) in [6.45, 7) is 4.46. The van der Waals surface area contributed by atoms with Crippen LogP contribution in [0.15, 0.2) is 66.7 Å². The maximum Gasteiger partial charge on any atom is 0.253 e. The normalized spacial score (nSPS) is 15.3. The Balaban J connectivity index is 1.43. The molecule has 0 saturated carbocycles. The summed E-state index contributed by atoms with van der Waals surface area (Å²) in [7, 11) is 0. The number of aryl methyl sites for hydroxylation is 1. The van der Waals surface area contributed by atoms with E-state index in [2.05, 4.69) is 10.6 Å². The third-order valence-corrected chi connectivity index (χ3v) is 6.16. The molecule has 34 heavy (non-hydrogen) atoms. The molecule has 4 rings (SSSR count). The Bertz CT molecular complexity index is 1240. The zero-order valence-corrected chi connectivity index (χ0v) is 19.1. The molecule has 0 bridgehead atoms. The number of anilines is 2. The Hall–Kier alpha value is -4.00. The molecule has 3 aromatic carbocycles. The number of carbonyl (C=O) groups excluding carboxylic acids is 3. The fourth-order valence-electron chi connectivity index (χ4n) is 4.05. The molecule has 0 radical (unpaired) electrons. The van der Waals surface area contributed by atoms with E-state index in [-0.39, 0.29) is 43.0 Å². The molecule has 7 heteroatoms. The predicted octanol–water partition coefficient (Wildman–Crippen LogP) is 4.36. The monoisotopic (exact) mass is 459 g/mol. The summed E-state index contributed by atoms with van der Waals surface area (Å²) in [6, 6.07) is 18.4. The first-order valence-electron chi connectivity index (χ1n) is 11.1. The number of amides is 3. The first-order chi connectivity index (χ1) is 16.3. The highest BCUT2D eigenvalue weighted by Crippen LogP contribution is 2.30. The second-order valence-corrected chi connectivity index (χ2v) is 8.47. The van der Waals surface area contributed by atoms with Crippen LogP contribution >= 0.6 is 0 Å². The van der Waals surface area contributed by atoms with Crippen molar-refractivity contribution in [2.24, 2.45) is 5.92 Å². The molecule has 1 saturated heterocycles. The van der Waals surface area contributed by atoms with Crippen molar-refractivity contribution in [1.29, 1.82) is 0 Å². The van der Waals surface area contributed by atoms with Gasteiger partial charge in [-0.1, -0.05) is 36.4 Å². The molecule has 3 aromatic rings. The van der Waals surface area contributed by atoms with Crippen molar-refractivity contribution in [1.82, 2.24) is 5.32 Å². The highest BCUT2D eigenvalue weighted by molar-refractivity contribution is 6.07. The highest BCUT2D eigenvalue weighted by Gasteiger charge is 2.36. The topological polar surface area (TPSA) is 78.5 Å². The van der Waals surface area contributed by atoms with Crippen molar-refractivity contribution < 1.29 is 18.8 Å². The number of halogens is 1. The van der Waals surface area contributed by atoms with E-state index < -0.39 is 5.92 Å². The van der Waals surface area contributed by atoms with Crippen LogP contribution in [-0.2, 0) is 16.1 Å². The van der Waals surface area contributed by atoms with Crippen molar-refractivity contribution in [3.8, 4) is 0 Å². The molecule has 1 atom stereocenters. The summed E-state index contributed by atoms with van der Waals surface area (Å²) < 4.78 is 13.1. The lowest BCUT2D eigenvalue weighted by Gasteiger charge is -2.20. The van der Waals surface area contributed by atoms with Crippen LogP contribution in [0.2, 0.25) is 0 Å². The van der Waals surface area contributed by atoms with Crippen molar-refractivity contribution in [2.45, 2.75) is 26.8 Å². The third kappa shape index (κ3) is 4.98. The predicted molar refractivity (Wildman–Crippen MR) is 129 cm³/mol. The molecule has 0 unspecified atom stereocenters. The van der Waals surface area contributed by atoms with Gasteiger partial charge in [-0.15, -0.1) is 0 Å². The number of carbonyl (C=O) groups is 3. The highest BCUT2D eigenvalue weighted by atomic mass is 19.1. The van der Waals surface area contributed by atoms with Crippen LogP contribution in [0.25, 0.3) is 0 Å². The Morgan fingerprint density at radius 3 is 2.50 bits per heavy atom. The van der Waals surface area contributed by atoms with Gasteiger partial charge >= 0.3 is 0 Å². The second kappa shape index (κ2) is 9.87. The van der Waals surface area contributed by atoms with Gasteiger partial charge in [-0.25, -0.2) is 4.39 Å². The maximum atomic E-state index is 13.1. The minimum atomic E-state index is -0.525. The Labute approximate surface area is 197 Å². The summed E-state index contributed by atoms with van der Waals surface area (Å²) in [6.07, 6.45) is 0.109. The van der Waals surface area contributed by atoms with Crippen molar-refractivity contribution in [3.63, 3.8) is 0 Å². The van der Waals surface area contributed by atoms with E-state index in [0.717, 1.165) is 22.4 Å². The standard InChI is InChI=1S/C27H26FN3O3/c1-17-6-5-9-24(18(17)2)31-16-20(14-25(31)32)26(33)30-23-8-4-3-7-22(23)27(34)29-15-19-10-12-21(28)13-11-19/h3-13,20H,14-16H2,1-2H3,(H,29,34)(H,30,33)/t20-/m1/s1. The number of nitrogens with one attached hydrogen (secondary N) is 2. The average Bonchev–Trinajstić information content (AvgIpc) is 3.22. The number of rotatable bonds is 6. The molecule has 3 amide bonds. The van der Waals surface area contributed by atoms with Gasteiger partial charge in [0.05, 0.1) is 17.2 Å². The summed E-state index contributed by atoms with van der Waals surface area (Å²) in [5, 5.41) is 5.62. The smallest absolute Gasteiger partial charge is 0.253 e. The number of nitrogens with zero attached hydrogens (tertiary/aromatic N) is 1. The first-order valence-corrected chi connectivity index (χ1v) is 11.1. The molecule has 0 aliphatic carbocycles. The molecule has 0 spiro atoms. The van der Waals surface area contributed by atoms with Gasteiger partial charge in [0.1, 0.15) is 5.82 Å². The van der Waals surface area contributed by atoms with Gasteiger partial charge in [0.25, 0.3) is 5.91 Å². The van der Waals surface area contributed by atoms with Crippen LogP contribution in [-0.4, -0.2) is 24.3 Å². The summed E-state index contributed by atoms with van der Waals surface area (Å²) in [5.74, 6) is -1.63. The summed E-state index contributed by atoms with van der Waals surface area (Å²) >= 11 is 0. The fraction of sp³-hybridized carbons (Fsp3) is 0.222. The van der Waals surface area contributed by atoms with Gasteiger partial charge in [0.2, 0.25) is 11.8 Å². The largest absolute Gasteiger partial charge is 0.348 e. The van der Waals surface area contributed by atoms with Gasteiger partial charge in [-0.05, 0) is 60.9 Å². The van der Waals surface area contributed by atoms with E-state index in [4.69, 9.17) is 0 Å². The van der Waals surface area contributed by atoms with E-state index >= 15 is 0 Å². The van der Waals surface area contributed by atoms with Crippen LogP contribution in [0.4, 0.5) is 15.8 Å². The first kappa shape index (κ1) is 23.2. The van der Waals surface area contributed by atoms with Crippen molar-refractivity contribution in [3.05, 3.63) is 94.8 Å². The molecule has 1 aliphatic rings. The Kier molecular flexibility index (Phi) is 6.72. The molecule has 6 nitrogen and oxygen atoms in total. The number of benzene rings is 3. The average molecular weight is 460 g/mol. The van der Waals surface area contributed by atoms with E-state index in [1.807, 2.05) is 32.0 Å². The molecule has 1 heterocycles. The zero-order valence-electron chi connectivity index (χ0n) is 19.1. The lowest BCUT2D eigenvalue weighted by Crippen LogP contribution is -2.30. The Morgan fingerprint density at radius 1 is 1.00 bits per heavy atom. The molecule has 0 aromatic heterocycles. The molecular formula is C27H26FN3O3. The van der Waals surface area contributed by atoms with Crippen molar-refractivity contribution >= 4 is 29.1 Å². The van der Waals surface area contributed by atoms with Crippen LogP contribution < -0.4 is 15.5 Å². The molecular weight excluding hydrogens is 433 g/mol. The fourth-order valence-corrected chi connectivity index (χ4v) is 4.05. The second-order valence-electron chi connectivity index (χ2n) is 8.47. The number of para-hydroxylation sites is 1. The van der Waals surface area contributed by atoms with Gasteiger partial charge in [-0.2, -0.15) is 0 Å². The van der Waals surface area contributed by atoms with Gasteiger partial charge in [-0.3, -0.25) is 14.4 Å². The molecule has 1 fully saturated rings. The SMILES string of the molecule is Cc1cccc(N2C[C@H](C(=O)Nc3ccccc3C(=O)NCc3ccc(F)cc3)CC2=O)c1C. The molecule has 174 valence electrons. The maximum absolute atomic E-state index is 13.1. The number of hydrogen-bond acceptors (Lipinski definition) is 3. The van der Waals surface area contributed by atoms with Crippen LogP contribution in [0, 0.1) is 25.6 Å². The Morgan fingerprint density at radius 2 is 1.74 bits per heavy atom. The van der Waals surface area contributed by atoms with E-state index in [1.165, 1.54) is 12.1 Å². The molecule has 1 aliphatic heterocycles. The van der Waals surface area contributed by atoms with E-state index in [1.54, 1.807) is 41.3 Å². The minimum Gasteiger partial charge on any atom is -0.348 e. The quantitative estimate of drug-likeness (QED) is 0.575. The van der Waals surface area contributed by atoms with Gasteiger partial charge < -0.3 is 15.5 Å². The third-order valence-electron chi connectivity index (χ3n) is 6.16. The van der Waals surface area contributed by atoms with Crippen LogP contribution in [0.1, 0.15) is 33.5 Å². The molecule has 2 N–H and O–H groups in total. The van der Waals surface area contributed by atoms with E-state index in [9.17, 15) is 18.8 Å². The van der Waals surface area contributed by atoms with Crippen molar-refractivity contribution in [2.75, 3.05) is 16.8 Å². The minimum absolute atomic E-state index is 0.0980. The van der Waals surface area contributed by atoms with Crippen LogP contribution in [0.3, 0.4) is 0 Å². The zero-order chi connectivity index (χ0) is 24.2. The van der Waals surface area contributed by atoms with Gasteiger partial charge in [0.15, 0.2) is 0 Å². The summed E-state index contributed by atoms with van der Waals surface area (Å²) in [5.41, 5.74) is 4.36. The lowest BCUT2D eigenvalue weighted by molar-refractivity contribution is -0.122. The van der Waals surface area contributed by atoms with E-state index in [0.29, 0.717) is 11.3 Å². The summed E-state index contributed by atoms with van der Waals surface area (Å²) in [4.78, 5) is 40.1. The number of hydrogen-bond donors (Lipinski definition) is 2. The van der Waals surface area contributed by atoms with Crippen LogP contribution in [0.5, 0.6) is 0 Å². The lowest BCUT2D eigenvalue weighted by atomic mass is 10.1. The van der Waals surface area contributed by atoms with Gasteiger partial charge in [0, 0.05) is 25.2 Å².